The SMILES string of the molecule is CC(C)Oc1ccccc1C1CC(=O)Nc2c(S(=O)(=O)c3ccccc3)csc21. The predicted molar refractivity (Wildman–Crippen MR) is 114 cm³/mol. The summed E-state index contributed by atoms with van der Waals surface area (Å²) in [5.74, 6) is 0.261. The number of hydrogen-bond donors (Lipinski definition) is 1. The van der Waals surface area contributed by atoms with E-state index < -0.39 is 9.84 Å². The minimum atomic E-state index is -3.73. The van der Waals surface area contributed by atoms with Gasteiger partial charge in [0.1, 0.15) is 10.6 Å². The predicted octanol–water partition coefficient (Wildman–Crippen LogP) is 4.84. The van der Waals surface area contributed by atoms with Crippen molar-refractivity contribution in [3.63, 3.8) is 0 Å². The number of nitrogens with one attached hydrogen (secondary N) is 1. The third kappa shape index (κ3) is 3.68. The Kier molecular flexibility index (Phi) is 5.19. The third-order valence-corrected chi connectivity index (χ3v) is 7.80. The first-order chi connectivity index (χ1) is 13.9. The van der Waals surface area contributed by atoms with E-state index in [9.17, 15) is 13.2 Å². The van der Waals surface area contributed by atoms with Crippen LogP contribution in [0.15, 0.2) is 69.8 Å². The van der Waals surface area contributed by atoms with Crippen LogP contribution < -0.4 is 10.1 Å². The summed E-state index contributed by atoms with van der Waals surface area (Å²) in [5, 5.41) is 4.42. The Hall–Kier alpha value is -2.64. The highest BCUT2D eigenvalue weighted by atomic mass is 32.2. The number of rotatable bonds is 5. The van der Waals surface area contributed by atoms with Crippen LogP contribution in [0.5, 0.6) is 5.75 Å². The van der Waals surface area contributed by atoms with Crippen LogP contribution in [-0.4, -0.2) is 20.4 Å². The molecule has 7 heteroatoms. The molecular weight excluding hydrogens is 406 g/mol. The number of carbonyl (C=O) groups is 1. The van der Waals surface area contributed by atoms with Gasteiger partial charge in [0.25, 0.3) is 0 Å². The number of para-hydroxylation sites is 1. The second-order valence-electron chi connectivity index (χ2n) is 7.17. The summed E-state index contributed by atoms with van der Waals surface area (Å²) in [5.41, 5.74) is 1.28. The molecule has 29 heavy (non-hydrogen) atoms. The molecule has 0 saturated heterocycles. The number of amides is 1. The van der Waals surface area contributed by atoms with Crippen molar-refractivity contribution < 1.29 is 17.9 Å². The maximum Gasteiger partial charge on any atom is 0.225 e. The molecule has 0 saturated carbocycles. The first kappa shape index (κ1) is 19.7. The summed E-state index contributed by atoms with van der Waals surface area (Å²) in [6, 6.07) is 15.9. The van der Waals surface area contributed by atoms with E-state index in [-0.39, 0.29) is 34.1 Å². The van der Waals surface area contributed by atoms with Crippen molar-refractivity contribution in [3.05, 3.63) is 70.4 Å². The Bertz CT molecular complexity index is 1150. The van der Waals surface area contributed by atoms with Gasteiger partial charge < -0.3 is 10.1 Å². The number of anilines is 1. The second-order valence-corrected chi connectivity index (χ2v) is 9.99. The number of fused-ring (bicyclic) bond motifs is 1. The molecule has 2 aromatic carbocycles. The molecule has 0 spiro atoms. The zero-order valence-electron chi connectivity index (χ0n) is 16.1. The first-order valence-corrected chi connectivity index (χ1v) is 11.7. The Balaban J connectivity index is 1.83. The molecule has 0 fully saturated rings. The summed E-state index contributed by atoms with van der Waals surface area (Å²) in [6.07, 6.45) is 0.238. The van der Waals surface area contributed by atoms with Gasteiger partial charge in [-0.25, -0.2) is 8.42 Å². The molecule has 0 bridgehead atoms. The number of carbonyl (C=O) groups excluding carboxylic acids is 1. The van der Waals surface area contributed by atoms with Crippen molar-refractivity contribution in [3.8, 4) is 5.75 Å². The van der Waals surface area contributed by atoms with E-state index in [1.165, 1.54) is 11.3 Å². The number of sulfone groups is 1. The van der Waals surface area contributed by atoms with Gasteiger partial charge in [-0.15, -0.1) is 11.3 Å². The molecule has 1 atom stereocenters. The second kappa shape index (κ2) is 7.65. The number of benzene rings is 2. The maximum absolute atomic E-state index is 13.2. The third-order valence-electron chi connectivity index (χ3n) is 4.76. The molecule has 1 unspecified atom stereocenters. The van der Waals surface area contributed by atoms with E-state index in [1.807, 2.05) is 38.1 Å². The van der Waals surface area contributed by atoms with Gasteiger partial charge >= 0.3 is 0 Å². The van der Waals surface area contributed by atoms with Crippen LogP contribution in [0.2, 0.25) is 0 Å². The van der Waals surface area contributed by atoms with Crippen LogP contribution in [0, 0.1) is 0 Å². The largest absolute Gasteiger partial charge is 0.491 e. The number of thiophene rings is 1. The van der Waals surface area contributed by atoms with Crippen LogP contribution in [0.4, 0.5) is 5.69 Å². The lowest BCUT2D eigenvalue weighted by Gasteiger charge is -2.26. The normalized spacial score (nSPS) is 16.4. The zero-order chi connectivity index (χ0) is 20.6. The lowest BCUT2D eigenvalue weighted by atomic mass is 9.90. The van der Waals surface area contributed by atoms with Gasteiger partial charge in [-0.3, -0.25) is 4.79 Å². The number of hydrogen-bond acceptors (Lipinski definition) is 5. The van der Waals surface area contributed by atoms with Crippen LogP contribution in [0.25, 0.3) is 0 Å². The maximum atomic E-state index is 13.2. The van der Waals surface area contributed by atoms with Gasteiger partial charge in [-0.1, -0.05) is 36.4 Å². The minimum Gasteiger partial charge on any atom is -0.491 e. The summed E-state index contributed by atoms with van der Waals surface area (Å²) in [4.78, 5) is 13.7. The Morgan fingerprint density at radius 1 is 1.07 bits per heavy atom. The van der Waals surface area contributed by atoms with E-state index in [0.29, 0.717) is 11.4 Å². The van der Waals surface area contributed by atoms with Gasteiger partial charge in [-0.05, 0) is 32.0 Å². The minimum absolute atomic E-state index is 0.00890. The molecular formula is C22H21NO4S2. The first-order valence-electron chi connectivity index (χ1n) is 9.35. The van der Waals surface area contributed by atoms with Crippen molar-refractivity contribution in [1.29, 1.82) is 0 Å². The standard InChI is InChI=1S/C22H21NO4S2/c1-14(2)27-18-11-7-6-10-16(18)17-12-20(24)23-21-19(13-28-22(17)21)29(25,26)15-8-4-3-5-9-15/h3-11,13-14,17H,12H2,1-2H3,(H,23,24). The average Bonchev–Trinajstić information content (AvgIpc) is 3.12. The van der Waals surface area contributed by atoms with Crippen LogP contribution in [-0.2, 0) is 14.6 Å². The van der Waals surface area contributed by atoms with Crippen molar-refractivity contribution >= 4 is 32.8 Å². The zero-order valence-corrected chi connectivity index (χ0v) is 17.7. The van der Waals surface area contributed by atoms with E-state index in [4.69, 9.17) is 4.74 Å². The fraction of sp³-hybridized carbons (Fsp3) is 0.227. The molecule has 1 aliphatic rings. The van der Waals surface area contributed by atoms with Crippen molar-refractivity contribution in [2.24, 2.45) is 0 Å². The monoisotopic (exact) mass is 427 g/mol. The fourth-order valence-electron chi connectivity index (χ4n) is 3.51. The molecule has 5 nitrogen and oxygen atoms in total. The average molecular weight is 428 g/mol. The summed E-state index contributed by atoms with van der Waals surface area (Å²) in [7, 11) is -3.73. The van der Waals surface area contributed by atoms with Gasteiger partial charge in [0.15, 0.2) is 0 Å². The van der Waals surface area contributed by atoms with E-state index in [0.717, 1.165) is 10.4 Å². The van der Waals surface area contributed by atoms with E-state index in [2.05, 4.69) is 5.32 Å². The molecule has 1 aromatic heterocycles. The highest BCUT2D eigenvalue weighted by Gasteiger charge is 2.35. The lowest BCUT2D eigenvalue weighted by molar-refractivity contribution is -0.116. The Morgan fingerprint density at radius 2 is 1.76 bits per heavy atom. The van der Waals surface area contributed by atoms with Gasteiger partial charge in [0.05, 0.1) is 16.7 Å². The molecule has 3 aromatic rings. The molecule has 4 rings (SSSR count). The quantitative estimate of drug-likeness (QED) is 0.632. The number of ether oxygens (including phenoxy) is 1. The van der Waals surface area contributed by atoms with E-state index >= 15 is 0 Å². The molecule has 1 aliphatic heterocycles. The van der Waals surface area contributed by atoms with Crippen LogP contribution in [0.1, 0.15) is 36.6 Å². The van der Waals surface area contributed by atoms with Crippen LogP contribution in [0.3, 0.4) is 0 Å². The molecule has 2 heterocycles. The van der Waals surface area contributed by atoms with Gasteiger partial charge in [0, 0.05) is 28.2 Å². The smallest absolute Gasteiger partial charge is 0.225 e. The molecule has 150 valence electrons. The van der Waals surface area contributed by atoms with Crippen molar-refractivity contribution in [2.45, 2.75) is 42.1 Å². The Morgan fingerprint density at radius 3 is 2.48 bits per heavy atom. The molecule has 0 radical (unpaired) electrons. The fourth-order valence-corrected chi connectivity index (χ4v) is 6.43. The van der Waals surface area contributed by atoms with Gasteiger partial charge in [0.2, 0.25) is 15.7 Å². The highest BCUT2D eigenvalue weighted by Crippen LogP contribution is 2.47. The summed E-state index contributed by atoms with van der Waals surface area (Å²) < 4.78 is 32.3. The highest BCUT2D eigenvalue weighted by molar-refractivity contribution is 7.91. The molecule has 0 aliphatic carbocycles. The van der Waals surface area contributed by atoms with Crippen molar-refractivity contribution in [1.82, 2.24) is 0 Å². The molecule has 1 amide bonds. The summed E-state index contributed by atoms with van der Waals surface area (Å²) in [6.45, 7) is 3.90. The van der Waals surface area contributed by atoms with E-state index in [1.54, 1.807) is 35.7 Å². The summed E-state index contributed by atoms with van der Waals surface area (Å²) >= 11 is 1.36. The topological polar surface area (TPSA) is 72.5 Å². The Labute approximate surface area is 174 Å². The van der Waals surface area contributed by atoms with Gasteiger partial charge in [-0.2, -0.15) is 0 Å². The molecule has 1 N–H and O–H groups in total. The van der Waals surface area contributed by atoms with Crippen molar-refractivity contribution in [2.75, 3.05) is 5.32 Å². The lowest BCUT2D eigenvalue weighted by Crippen LogP contribution is -2.24. The van der Waals surface area contributed by atoms with Crippen LogP contribution >= 0.6 is 11.3 Å².